The van der Waals surface area contributed by atoms with Gasteiger partial charge in [-0.1, -0.05) is 0 Å². The van der Waals surface area contributed by atoms with Gasteiger partial charge < -0.3 is 4.98 Å². The van der Waals surface area contributed by atoms with E-state index in [2.05, 4.69) is 15.0 Å². The van der Waals surface area contributed by atoms with E-state index in [0.717, 1.165) is 30.7 Å². The predicted octanol–water partition coefficient (Wildman–Crippen LogP) is 2.38. The maximum Gasteiger partial charge on any atom is 0.176 e. The second-order valence-electron chi connectivity index (χ2n) is 4.27. The van der Waals surface area contributed by atoms with Crippen LogP contribution in [0.5, 0.6) is 0 Å². The molecule has 0 amide bonds. The molecule has 3 rings (SSSR count). The molecule has 2 heterocycles. The normalized spacial score (nSPS) is 15.4. The van der Waals surface area contributed by atoms with Gasteiger partial charge in [-0.05, 0) is 31.4 Å². The number of carbonyl (C=O) groups is 1. The van der Waals surface area contributed by atoms with Crippen LogP contribution in [-0.4, -0.2) is 20.7 Å². The number of nitrogens with one attached hydrogen (secondary N) is 1. The fraction of sp³-hybridized carbons (Fsp3) is 0.308. The van der Waals surface area contributed by atoms with Crippen molar-refractivity contribution in [1.29, 1.82) is 0 Å². The van der Waals surface area contributed by atoms with Gasteiger partial charge in [0.15, 0.2) is 11.6 Å². The number of hydrogen-bond acceptors (Lipinski definition) is 3. The number of carbonyl (C=O) groups excluding carboxylic acids is 1. The van der Waals surface area contributed by atoms with E-state index in [1.165, 1.54) is 0 Å². The molecule has 2 aromatic rings. The van der Waals surface area contributed by atoms with Crippen molar-refractivity contribution in [2.24, 2.45) is 0 Å². The molecule has 4 heteroatoms. The van der Waals surface area contributed by atoms with Crippen molar-refractivity contribution >= 4 is 5.78 Å². The van der Waals surface area contributed by atoms with Gasteiger partial charge in [0, 0.05) is 18.8 Å². The molecule has 0 bridgehead atoms. The topological polar surface area (TPSA) is 58.6 Å². The lowest BCUT2D eigenvalue weighted by atomic mass is 10.1. The Kier molecular flexibility index (Phi) is 2.48. The molecule has 1 aliphatic rings. The van der Waals surface area contributed by atoms with Crippen molar-refractivity contribution in [3.05, 3.63) is 35.8 Å². The average molecular weight is 227 g/mol. The summed E-state index contributed by atoms with van der Waals surface area (Å²) in [6.45, 7) is 0. The molecule has 86 valence electrons. The summed E-state index contributed by atoms with van der Waals surface area (Å²) in [6.07, 6.45) is 6.99. The molecule has 2 aromatic heterocycles. The van der Waals surface area contributed by atoms with Crippen LogP contribution in [-0.2, 0) is 6.42 Å². The molecule has 0 aliphatic heterocycles. The molecule has 0 atom stereocenters. The quantitative estimate of drug-likeness (QED) is 0.761. The van der Waals surface area contributed by atoms with Gasteiger partial charge in [0.05, 0.1) is 17.0 Å². The Labute approximate surface area is 99.1 Å². The smallest absolute Gasteiger partial charge is 0.176 e. The first-order chi connectivity index (χ1) is 8.34. The number of aromatic nitrogens is 3. The zero-order chi connectivity index (χ0) is 11.7. The van der Waals surface area contributed by atoms with Gasteiger partial charge in [0.1, 0.15) is 0 Å². The highest BCUT2D eigenvalue weighted by atomic mass is 16.1. The van der Waals surface area contributed by atoms with Gasteiger partial charge in [0.2, 0.25) is 0 Å². The summed E-state index contributed by atoms with van der Waals surface area (Å²) in [5.41, 5.74) is 2.49. The molecular weight excluding hydrogens is 214 g/mol. The third-order valence-corrected chi connectivity index (χ3v) is 3.07. The molecule has 0 saturated carbocycles. The first-order valence-corrected chi connectivity index (χ1v) is 5.87. The van der Waals surface area contributed by atoms with Crippen molar-refractivity contribution < 1.29 is 4.79 Å². The molecule has 0 fully saturated rings. The van der Waals surface area contributed by atoms with Crippen LogP contribution in [0.3, 0.4) is 0 Å². The maximum absolute atomic E-state index is 11.8. The number of aromatic amines is 1. The van der Waals surface area contributed by atoms with E-state index in [4.69, 9.17) is 0 Å². The van der Waals surface area contributed by atoms with Gasteiger partial charge in [-0.15, -0.1) is 0 Å². The number of nitrogens with zero attached hydrogens (tertiary/aromatic N) is 2. The Morgan fingerprint density at radius 2 is 2.12 bits per heavy atom. The minimum atomic E-state index is 0.176. The number of fused-ring (bicyclic) bond motifs is 1. The lowest BCUT2D eigenvalue weighted by Crippen LogP contribution is -2.05. The average Bonchev–Trinajstić information content (AvgIpc) is 2.82. The maximum atomic E-state index is 11.8. The number of H-pyrrole nitrogens is 1. The molecule has 0 aromatic carbocycles. The molecular formula is C13H13N3O. The Morgan fingerprint density at radius 1 is 1.24 bits per heavy atom. The summed E-state index contributed by atoms with van der Waals surface area (Å²) in [7, 11) is 0. The van der Waals surface area contributed by atoms with E-state index in [1.807, 2.05) is 18.3 Å². The Morgan fingerprint density at radius 3 is 2.94 bits per heavy atom. The Balaban J connectivity index is 2.06. The molecule has 0 saturated heterocycles. The molecule has 17 heavy (non-hydrogen) atoms. The van der Waals surface area contributed by atoms with Crippen molar-refractivity contribution in [2.75, 3.05) is 0 Å². The van der Waals surface area contributed by atoms with Crippen molar-refractivity contribution in [3.8, 4) is 11.5 Å². The highest BCUT2D eigenvalue weighted by Crippen LogP contribution is 2.21. The van der Waals surface area contributed by atoms with Crippen LogP contribution in [0.4, 0.5) is 0 Å². The van der Waals surface area contributed by atoms with Crippen LogP contribution < -0.4 is 0 Å². The highest BCUT2D eigenvalue weighted by molar-refractivity contribution is 5.97. The second kappa shape index (κ2) is 4.13. The van der Waals surface area contributed by atoms with Crippen LogP contribution in [0, 0.1) is 0 Å². The minimum Gasteiger partial charge on any atom is -0.359 e. The zero-order valence-corrected chi connectivity index (χ0v) is 9.44. The lowest BCUT2D eigenvalue weighted by molar-refractivity contribution is 0.0981. The standard InChI is InChI=1S/C13H13N3O/c17-12-6-2-1-4-10-9(12)8-15-13(16-10)11-5-3-7-14-11/h3,5,7-8,14H,1-2,4,6H2. The number of Topliss-reactive ketones (excluding diaryl/α,β-unsaturated/α-hetero) is 1. The number of rotatable bonds is 1. The largest absolute Gasteiger partial charge is 0.359 e. The van der Waals surface area contributed by atoms with Gasteiger partial charge in [0.25, 0.3) is 0 Å². The van der Waals surface area contributed by atoms with E-state index in [9.17, 15) is 4.79 Å². The van der Waals surface area contributed by atoms with Gasteiger partial charge in [-0.3, -0.25) is 4.79 Å². The van der Waals surface area contributed by atoms with Crippen molar-refractivity contribution in [3.63, 3.8) is 0 Å². The minimum absolute atomic E-state index is 0.176. The van der Waals surface area contributed by atoms with Crippen LogP contribution in [0.2, 0.25) is 0 Å². The lowest BCUT2D eigenvalue weighted by Gasteiger charge is -2.04. The van der Waals surface area contributed by atoms with Gasteiger partial charge in [-0.2, -0.15) is 0 Å². The predicted molar refractivity (Wildman–Crippen MR) is 63.7 cm³/mol. The molecule has 4 nitrogen and oxygen atoms in total. The Bertz CT molecular complexity index is 546. The molecule has 1 aliphatic carbocycles. The third kappa shape index (κ3) is 1.86. The van der Waals surface area contributed by atoms with Gasteiger partial charge >= 0.3 is 0 Å². The highest BCUT2D eigenvalue weighted by Gasteiger charge is 2.18. The zero-order valence-electron chi connectivity index (χ0n) is 9.44. The molecule has 0 unspecified atom stereocenters. The number of ketones is 1. The van der Waals surface area contributed by atoms with E-state index >= 15 is 0 Å². The van der Waals surface area contributed by atoms with Crippen LogP contribution in [0.25, 0.3) is 11.5 Å². The SMILES string of the molecule is O=C1CCCCc2nc(-c3ccc[nH]3)ncc21. The summed E-state index contributed by atoms with van der Waals surface area (Å²) in [5.74, 6) is 0.846. The monoisotopic (exact) mass is 227 g/mol. The second-order valence-corrected chi connectivity index (χ2v) is 4.27. The van der Waals surface area contributed by atoms with Crippen molar-refractivity contribution in [1.82, 2.24) is 15.0 Å². The molecule has 0 spiro atoms. The van der Waals surface area contributed by atoms with Crippen molar-refractivity contribution in [2.45, 2.75) is 25.7 Å². The van der Waals surface area contributed by atoms with Crippen LogP contribution in [0.1, 0.15) is 35.3 Å². The van der Waals surface area contributed by atoms with E-state index in [0.29, 0.717) is 17.8 Å². The number of hydrogen-bond donors (Lipinski definition) is 1. The summed E-state index contributed by atoms with van der Waals surface area (Å²) in [5, 5.41) is 0. The van der Waals surface area contributed by atoms with Crippen LogP contribution >= 0.6 is 0 Å². The summed E-state index contributed by atoms with van der Waals surface area (Å²) >= 11 is 0. The Hall–Kier alpha value is -1.97. The van der Waals surface area contributed by atoms with Crippen LogP contribution in [0.15, 0.2) is 24.5 Å². The fourth-order valence-corrected chi connectivity index (χ4v) is 2.15. The van der Waals surface area contributed by atoms with E-state index in [1.54, 1.807) is 6.20 Å². The summed E-state index contributed by atoms with van der Waals surface area (Å²) < 4.78 is 0. The van der Waals surface area contributed by atoms with E-state index in [-0.39, 0.29) is 5.78 Å². The van der Waals surface area contributed by atoms with E-state index < -0.39 is 0 Å². The fourth-order valence-electron chi connectivity index (χ4n) is 2.15. The molecule has 1 N–H and O–H groups in total. The first-order valence-electron chi connectivity index (χ1n) is 5.87. The third-order valence-electron chi connectivity index (χ3n) is 3.07. The van der Waals surface area contributed by atoms with Gasteiger partial charge in [-0.25, -0.2) is 9.97 Å². The summed E-state index contributed by atoms with van der Waals surface area (Å²) in [4.78, 5) is 23.7. The first kappa shape index (κ1) is 10.2. The summed E-state index contributed by atoms with van der Waals surface area (Å²) in [6, 6.07) is 3.84. The number of aryl methyl sites for hydroxylation is 1. The molecule has 0 radical (unpaired) electrons.